The summed E-state index contributed by atoms with van der Waals surface area (Å²) in [6, 6.07) is 13.4. The first-order chi connectivity index (χ1) is 12.7. The number of aromatic amines is 1. The van der Waals surface area contributed by atoms with Gasteiger partial charge < -0.3 is 14.4 Å². The van der Waals surface area contributed by atoms with Gasteiger partial charge in [-0.25, -0.2) is 4.39 Å². The SMILES string of the molecule is O=C(c1n[nH]c2ccccc12)N1CCOC(COc2ccc(F)cc2)C1. The van der Waals surface area contributed by atoms with Crippen LogP contribution in [0.2, 0.25) is 0 Å². The number of morpholine rings is 1. The van der Waals surface area contributed by atoms with Crippen LogP contribution in [0.15, 0.2) is 48.5 Å². The zero-order valence-electron chi connectivity index (χ0n) is 14.0. The van der Waals surface area contributed by atoms with Crippen LogP contribution in [0.1, 0.15) is 10.5 Å². The second-order valence-corrected chi connectivity index (χ2v) is 6.13. The van der Waals surface area contributed by atoms with Gasteiger partial charge in [0.15, 0.2) is 5.69 Å². The zero-order valence-corrected chi connectivity index (χ0v) is 14.0. The average molecular weight is 355 g/mol. The van der Waals surface area contributed by atoms with Crippen LogP contribution in [0, 0.1) is 5.82 Å². The van der Waals surface area contributed by atoms with Gasteiger partial charge in [0, 0.05) is 11.9 Å². The summed E-state index contributed by atoms with van der Waals surface area (Å²) in [5.74, 6) is 0.128. The molecule has 26 heavy (non-hydrogen) atoms. The van der Waals surface area contributed by atoms with Crippen molar-refractivity contribution < 1.29 is 18.7 Å². The van der Waals surface area contributed by atoms with Gasteiger partial charge in [0.1, 0.15) is 24.3 Å². The molecule has 134 valence electrons. The molecule has 2 aromatic carbocycles. The zero-order chi connectivity index (χ0) is 17.9. The van der Waals surface area contributed by atoms with Crippen molar-refractivity contribution >= 4 is 16.8 Å². The second kappa shape index (κ2) is 7.13. The third-order valence-electron chi connectivity index (χ3n) is 4.35. The summed E-state index contributed by atoms with van der Waals surface area (Å²) >= 11 is 0. The molecule has 6 nitrogen and oxygen atoms in total. The van der Waals surface area contributed by atoms with Gasteiger partial charge in [0.25, 0.3) is 5.91 Å². The highest BCUT2D eigenvalue weighted by molar-refractivity contribution is 6.04. The Morgan fingerprint density at radius 1 is 1.27 bits per heavy atom. The quantitative estimate of drug-likeness (QED) is 0.781. The van der Waals surface area contributed by atoms with E-state index in [0.29, 0.717) is 31.1 Å². The van der Waals surface area contributed by atoms with Gasteiger partial charge in [-0.2, -0.15) is 5.10 Å². The fourth-order valence-corrected chi connectivity index (χ4v) is 3.00. The number of hydrogen-bond acceptors (Lipinski definition) is 4. The van der Waals surface area contributed by atoms with Gasteiger partial charge in [0.05, 0.1) is 18.7 Å². The Labute approximate surface area is 149 Å². The average Bonchev–Trinajstić information content (AvgIpc) is 3.11. The Kier molecular flexibility index (Phi) is 4.53. The molecule has 4 rings (SSSR count). The molecule has 1 fully saturated rings. The highest BCUT2D eigenvalue weighted by Gasteiger charge is 2.27. The van der Waals surface area contributed by atoms with Crippen molar-refractivity contribution in [3.63, 3.8) is 0 Å². The lowest BCUT2D eigenvalue weighted by molar-refractivity contribution is -0.0402. The molecule has 3 aromatic rings. The van der Waals surface area contributed by atoms with E-state index >= 15 is 0 Å². The molecule has 1 saturated heterocycles. The Balaban J connectivity index is 1.41. The number of aromatic nitrogens is 2. The molecule has 1 aliphatic heterocycles. The Hall–Kier alpha value is -2.93. The lowest BCUT2D eigenvalue weighted by Gasteiger charge is -2.32. The fraction of sp³-hybridized carbons (Fsp3) is 0.263. The molecule has 7 heteroatoms. The summed E-state index contributed by atoms with van der Waals surface area (Å²) in [6.45, 7) is 1.65. The number of nitrogens with one attached hydrogen (secondary N) is 1. The number of rotatable bonds is 4. The van der Waals surface area contributed by atoms with E-state index < -0.39 is 0 Å². The topological polar surface area (TPSA) is 67.5 Å². The normalized spacial score (nSPS) is 17.4. The lowest BCUT2D eigenvalue weighted by atomic mass is 10.2. The third kappa shape index (κ3) is 3.39. The molecule has 1 N–H and O–H groups in total. The number of fused-ring (bicyclic) bond motifs is 1. The van der Waals surface area contributed by atoms with Crippen molar-refractivity contribution in [2.24, 2.45) is 0 Å². The summed E-state index contributed by atoms with van der Waals surface area (Å²) < 4.78 is 24.3. The molecule has 2 heterocycles. The summed E-state index contributed by atoms with van der Waals surface area (Å²) in [6.07, 6.45) is -0.247. The monoisotopic (exact) mass is 355 g/mol. The van der Waals surface area contributed by atoms with Crippen molar-refractivity contribution in [3.05, 3.63) is 60.0 Å². The minimum atomic E-state index is -0.311. The Bertz CT molecular complexity index is 910. The first-order valence-electron chi connectivity index (χ1n) is 8.43. The van der Waals surface area contributed by atoms with Crippen LogP contribution in [0.5, 0.6) is 5.75 Å². The highest BCUT2D eigenvalue weighted by atomic mass is 19.1. The number of carbonyl (C=O) groups excluding carboxylic acids is 1. The van der Waals surface area contributed by atoms with Crippen LogP contribution in [0.4, 0.5) is 4.39 Å². The van der Waals surface area contributed by atoms with E-state index in [0.717, 1.165) is 10.9 Å². The summed E-state index contributed by atoms with van der Waals surface area (Å²) in [4.78, 5) is 14.6. The van der Waals surface area contributed by atoms with E-state index in [1.165, 1.54) is 12.1 Å². The van der Waals surface area contributed by atoms with Gasteiger partial charge in [-0.15, -0.1) is 0 Å². The van der Waals surface area contributed by atoms with Gasteiger partial charge in [-0.05, 0) is 30.3 Å². The standard InChI is InChI=1S/C19H18FN3O3/c20-13-5-7-14(8-6-13)26-12-15-11-23(9-10-25-15)19(24)18-16-3-1-2-4-17(16)21-22-18/h1-8,15H,9-12H2,(H,21,22). The third-order valence-corrected chi connectivity index (χ3v) is 4.35. The molecule has 1 aromatic heterocycles. The minimum Gasteiger partial charge on any atom is -0.491 e. The number of ether oxygens (including phenoxy) is 2. The van der Waals surface area contributed by atoms with Crippen LogP contribution in [-0.2, 0) is 4.74 Å². The molecule has 0 bridgehead atoms. The largest absolute Gasteiger partial charge is 0.491 e. The molecule has 1 aliphatic rings. The maximum Gasteiger partial charge on any atom is 0.275 e. The predicted molar refractivity (Wildman–Crippen MR) is 93.6 cm³/mol. The van der Waals surface area contributed by atoms with E-state index in [1.807, 2.05) is 24.3 Å². The minimum absolute atomic E-state index is 0.127. The number of amides is 1. The van der Waals surface area contributed by atoms with E-state index in [1.54, 1.807) is 17.0 Å². The molecule has 1 unspecified atom stereocenters. The molecule has 0 saturated carbocycles. The maximum atomic E-state index is 12.9. The molecule has 1 amide bonds. The molecule has 0 aliphatic carbocycles. The predicted octanol–water partition coefficient (Wildman–Crippen LogP) is 2.62. The van der Waals surface area contributed by atoms with Crippen LogP contribution in [0.3, 0.4) is 0 Å². The molecule has 1 atom stereocenters. The van der Waals surface area contributed by atoms with Crippen molar-refractivity contribution in [2.45, 2.75) is 6.10 Å². The molecular formula is C19H18FN3O3. The Morgan fingerprint density at radius 3 is 2.92 bits per heavy atom. The number of para-hydroxylation sites is 1. The Morgan fingerprint density at radius 2 is 2.08 bits per heavy atom. The van der Waals surface area contributed by atoms with Crippen LogP contribution in [0.25, 0.3) is 10.9 Å². The van der Waals surface area contributed by atoms with Crippen molar-refractivity contribution in [1.82, 2.24) is 15.1 Å². The maximum absolute atomic E-state index is 12.9. The summed E-state index contributed by atoms with van der Waals surface area (Å²) in [5, 5.41) is 7.87. The summed E-state index contributed by atoms with van der Waals surface area (Å²) in [5.41, 5.74) is 1.25. The van der Waals surface area contributed by atoms with Crippen LogP contribution < -0.4 is 4.74 Å². The first kappa shape index (κ1) is 16.5. The number of carbonyl (C=O) groups is 1. The van der Waals surface area contributed by atoms with Gasteiger partial charge in [0.2, 0.25) is 0 Å². The van der Waals surface area contributed by atoms with E-state index in [2.05, 4.69) is 10.2 Å². The number of nitrogens with zero attached hydrogens (tertiary/aromatic N) is 2. The number of halogens is 1. The van der Waals surface area contributed by atoms with E-state index in [-0.39, 0.29) is 24.4 Å². The highest BCUT2D eigenvalue weighted by Crippen LogP contribution is 2.19. The molecule has 0 radical (unpaired) electrons. The fourth-order valence-electron chi connectivity index (χ4n) is 3.00. The molecule has 0 spiro atoms. The van der Waals surface area contributed by atoms with Gasteiger partial charge >= 0.3 is 0 Å². The smallest absolute Gasteiger partial charge is 0.275 e. The molecular weight excluding hydrogens is 337 g/mol. The van der Waals surface area contributed by atoms with Crippen molar-refractivity contribution in [2.75, 3.05) is 26.3 Å². The lowest BCUT2D eigenvalue weighted by Crippen LogP contribution is -2.47. The number of H-pyrrole nitrogens is 1. The van der Waals surface area contributed by atoms with Crippen LogP contribution >= 0.6 is 0 Å². The first-order valence-corrected chi connectivity index (χ1v) is 8.43. The van der Waals surface area contributed by atoms with E-state index in [4.69, 9.17) is 9.47 Å². The summed E-state index contributed by atoms with van der Waals surface area (Å²) in [7, 11) is 0. The van der Waals surface area contributed by atoms with E-state index in [9.17, 15) is 9.18 Å². The van der Waals surface area contributed by atoms with Crippen molar-refractivity contribution in [3.8, 4) is 5.75 Å². The number of hydrogen-bond donors (Lipinski definition) is 1. The van der Waals surface area contributed by atoms with Gasteiger partial charge in [-0.1, -0.05) is 18.2 Å². The number of benzene rings is 2. The van der Waals surface area contributed by atoms with Crippen LogP contribution in [-0.4, -0.2) is 53.4 Å². The second-order valence-electron chi connectivity index (χ2n) is 6.13. The van der Waals surface area contributed by atoms with Gasteiger partial charge in [-0.3, -0.25) is 9.89 Å². The van der Waals surface area contributed by atoms with Crippen molar-refractivity contribution in [1.29, 1.82) is 0 Å².